The number of para-hydroxylation sites is 1. The molecule has 19 heavy (non-hydrogen) atoms. The van der Waals surface area contributed by atoms with Crippen molar-refractivity contribution < 1.29 is 9.90 Å². The summed E-state index contributed by atoms with van der Waals surface area (Å²) < 4.78 is 0.463. The third-order valence-corrected chi connectivity index (χ3v) is 3.83. The number of nitrogens with zero attached hydrogens (tertiary/aromatic N) is 1. The van der Waals surface area contributed by atoms with Crippen LogP contribution in [0.25, 0.3) is 12.2 Å². The zero-order valence-electron chi connectivity index (χ0n) is 9.58. The number of carbonyl (C=O) groups excluding carboxylic acids is 1. The minimum Gasteiger partial charge on any atom is -0.494 e. The first kappa shape index (κ1) is 12.0. The minimum absolute atomic E-state index is 0.0254. The van der Waals surface area contributed by atoms with Gasteiger partial charge in [0.05, 0.1) is 10.2 Å². The van der Waals surface area contributed by atoms with Gasteiger partial charge in [-0.2, -0.15) is 0 Å². The molecule has 0 fully saturated rings. The van der Waals surface area contributed by atoms with Crippen LogP contribution >= 0.6 is 23.6 Å². The van der Waals surface area contributed by atoms with Crippen LogP contribution in [0.5, 0.6) is 5.88 Å². The van der Waals surface area contributed by atoms with Gasteiger partial charge in [-0.1, -0.05) is 18.2 Å². The summed E-state index contributed by atoms with van der Waals surface area (Å²) in [5.41, 5.74) is 0.430. The maximum atomic E-state index is 11.9. The summed E-state index contributed by atoms with van der Waals surface area (Å²) in [5, 5.41) is 11.2. The Morgan fingerprint density at radius 3 is 2.89 bits per heavy atom. The Morgan fingerprint density at radius 2 is 2.16 bits per heavy atom. The van der Waals surface area contributed by atoms with Gasteiger partial charge >= 0.3 is 0 Å². The average molecular weight is 288 g/mol. The number of nitrogens with one attached hydrogen (secondary N) is 1. The number of amides is 1. The zero-order chi connectivity index (χ0) is 13.4. The molecule has 2 N–H and O–H groups in total. The van der Waals surface area contributed by atoms with E-state index < -0.39 is 0 Å². The lowest BCUT2D eigenvalue weighted by Gasteiger charge is -2.02. The molecule has 0 bridgehead atoms. The van der Waals surface area contributed by atoms with Crippen LogP contribution in [0.15, 0.2) is 34.8 Å². The predicted octanol–water partition coefficient (Wildman–Crippen LogP) is 1.54. The van der Waals surface area contributed by atoms with Crippen molar-refractivity contribution in [3.63, 3.8) is 0 Å². The molecule has 0 saturated carbocycles. The zero-order valence-corrected chi connectivity index (χ0v) is 11.2. The Morgan fingerprint density at radius 1 is 1.37 bits per heavy atom. The molecule has 0 saturated heterocycles. The average Bonchev–Trinajstić information content (AvgIpc) is 2.69. The number of H-pyrrole nitrogens is 1. The Balaban J connectivity index is 2.18. The standard InChI is InChI=1S/C13H8N2O2S2/c16-11-8(6-10-12(17)15-13(18)19-10)5-7-3-1-2-4-9(7)14-11/h1-6,17H,(H,15,18). The summed E-state index contributed by atoms with van der Waals surface area (Å²) in [7, 11) is 0. The molecule has 1 aliphatic heterocycles. The highest BCUT2D eigenvalue weighted by Gasteiger charge is 2.12. The molecule has 2 aromatic rings. The molecular weight excluding hydrogens is 280 g/mol. The molecule has 1 amide bonds. The van der Waals surface area contributed by atoms with Crippen LogP contribution in [-0.2, 0) is 4.79 Å². The van der Waals surface area contributed by atoms with Crippen LogP contribution in [0.4, 0.5) is 0 Å². The van der Waals surface area contributed by atoms with E-state index in [2.05, 4.69) is 9.98 Å². The molecule has 0 aliphatic carbocycles. The maximum absolute atomic E-state index is 11.9. The van der Waals surface area contributed by atoms with Crippen LogP contribution in [0, 0.1) is 3.95 Å². The van der Waals surface area contributed by atoms with Gasteiger partial charge in [0.15, 0.2) is 3.95 Å². The number of benzene rings is 1. The lowest BCUT2D eigenvalue weighted by molar-refractivity contribution is -0.114. The lowest BCUT2D eigenvalue weighted by Crippen LogP contribution is -2.29. The summed E-state index contributed by atoms with van der Waals surface area (Å²) in [4.78, 5) is 19.1. The highest BCUT2D eigenvalue weighted by atomic mass is 32.1. The molecule has 0 atom stereocenters. The second-order valence-corrected chi connectivity index (χ2v) is 5.67. The molecule has 1 aromatic carbocycles. The quantitative estimate of drug-likeness (QED) is 0.618. The molecule has 1 aliphatic rings. The Hall–Kier alpha value is -2.05. The predicted molar refractivity (Wildman–Crippen MR) is 75.8 cm³/mol. The van der Waals surface area contributed by atoms with E-state index in [0.717, 1.165) is 5.22 Å². The fourth-order valence-corrected chi connectivity index (χ4v) is 2.84. The minimum atomic E-state index is -0.322. The molecule has 0 radical (unpaired) electrons. The number of carbonyl (C=O) groups is 1. The van der Waals surface area contributed by atoms with E-state index in [-0.39, 0.29) is 11.8 Å². The first-order valence-electron chi connectivity index (χ1n) is 5.47. The summed E-state index contributed by atoms with van der Waals surface area (Å²) in [6.07, 6.45) is 3.35. The van der Waals surface area contributed by atoms with Crippen molar-refractivity contribution in [2.24, 2.45) is 4.99 Å². The topological polar surface area (TPSA) is 65.5 Å². The van der Waals surface area contributed by atoms with Crippen molar-refractivity contribution in [1.82, 2.24) is 4.98 Å². The van der Waals surface area contributed by atoms with Crippen molar-refractivity contribution in [3.05, 3.63) is 49.2 Å². The monoisotopic (exact) mass is 288 g/mol. The number of aromatic hydroxyl groups is 1. The first-order valence-corrected chi connectivity index (χ1v) is 6.69. The van der Waals surface area contributed by atoms with E-state index in [0.29, 0.717) is 19.8 Å². The van der Waals surface area contributed by atoms with Gasteiger partial charge in [0.25, 0.3) is 5.91 Å². The van der Waals surface area contributed by atoms with E-state index >= 15 is 0 Å². The van der Waals surface area contributed by atoms with E-state index in [1.807, 2.05) is 18.2 Å². The summed E-state index contributed by atoms with van der Waals surface area (Å²) in [6.45, 7) is 0. The number of hydrogen-bond donors (Lipinski definition) is 2. The molecule has 3 rings (SSSR count). The number of aromatic amines is 1. The van der Waals surface area contributed by atoms with Gasteiger partial charge in [-0.15, -0.1) is 11.3 Å². The largest absolute Gasteiger partial charge is 0.494 e. The number of fused-ring (bicyclic) bond motifs is 1. The second kappa shape index (κ2) is 4.56. The van der Waals surface area contributed by atoms with Crippen LogP contribution in [-0.4, -0.2) is 16.0 Å². The SMILES string of the molecule is O=C1N=c2ccccc2=CC1=Cc1sc(=S)[nH]c1O. The van der Waals surface area contributed by atoms with E-state index in [9.17, 15) is 9.90 Å². The van der Waals surface area contributed by atoms with Gasteiger partial charge in [-0.3, -0.25) is 4.79 Å². The third kappa shape index (κ3) is 2.27. The van der Waals surface area contributed by atoms with Gasteiger partial charge in [0.2, 0.25) is 5.88 Å². The van der Waals surface area contributed by atoms with Crippen LogP contribution < -0.4 is 10.6 Å². The van der Waals surface area contributed by atoms with Gasteiger partial charge in [-0.05, 0) is 30.4 Å². The Bertz CT molecular complexity index is 875. The van der Waals surface area contributed by atoms with Crippen molar-refractivity contribution >= 4 is 41.6 Å². The number of rotatable bonds is 1. The fraction of sp³-hybridized carbons (Fsp3) is 0. The van der Waals surface area contributed by atoms with Gasteiger partial charge < -0.3 is 10.1 Å². The van der Waals surface area contributed by atoms with E-state index in [1.54, 1.807) is 18.2 Å². The normalized spacial score (nSPS) is 15.8. The van der Waals surface area contributed by atoms with Crippen LogP contribution in [0.1, 0.15) is 4.88 Å². The molecule has 94 valence electrons. The highest BCUT2D eigenvalue weighted by Crippen LogP contribution is 2.24. The molecule has 2 heterocycles. The van der Waals surface area contributed by atoms with Gasteiger partial charge in [0.1, 0.15) is 0 Å². The van der Waals surface area contributed by atoms with E-state index in [4.69, 9.17) is 12.2 Å². The molecule has 0 spiro atoms. The Labute approximate surface area is 117 Å². The summed E-state index contributed by atoms with van der Waals surface area (Å²) >= 11 is 6.15. The third-order valence-electron chi connectivity index (χ3n) is 2.66. The summed E-state index contributed by atoms with van der Waals surface area (Å²) in [5.74, 6) is -0.347. The maximum Gasteiger partial charge on any atom is 0.277 e. The lowest BCUT2D eigenvalue weighted by atomic mass is 10.1. The van der Waals surface area contributed by atoms with Crippen molar-refractivity contribution in [2.45, 2.75) is 0 Å². The second-order valence-electron chi connectivity index (χ2n) is 3.95. The molecular formula is C13H8N2O2S2. The first-order chi connectivity index (χ1) is 9.13. The van der Waals surface area contributed by atoms with Gasteiger partial charge in [-0.25, -0.2) is 4.99 Å². The number of aromatic nitrogens is 1. The molecule has 0 unspecified atom stereocenters. The van der Waals surface area contributed by atoms with E-state index in [1.165, 1.54) is 11.3 Å². The number of hydrogen-bond acceptors (Lipinski definition) is 4. The Kier molecular flexibility index (Phi) is 2.88. The van der Waals surface area contributed by atoms with Crippen LogP contribution in [0.3, 0.4) is 0 Å². The highest BCUT2D eigenvalue weighted by molar-refractivity contribution is 7.73. The summed E-state index contributed by atoms with van der Waals surface area (Å²) in [6, 6.07) is 7.40. The van der Waals surface area contributed by atoms with Gasteiger partial charge in [0, 0.05) is 10.8 Å². The van der Waals surface area contributed by atoms with Crippen molar-refractivity contribution in [1.29, 1.82) is 0 Å². The smallest absolute Gasteiger partial charge is 0.277 e. The molecule has 6 heteroatoms. The van der Waals surface area contributed by atoms with Crippen molar-refractivity contribution in [3.8, 4) is 5.88 Å². The van der Waals surface area contributed by atoms with Crippen molar-refractivity contribution in [2.75, 3.05) is 0 Å². The number of thiazole rings is 1. The van der Waals surface area contributed by atoms with Crippen LogP contribution in [0.2, 0.25) is 0 Å². The fourth-order valence-electron chi connectivity index (χ4n) is 1.79. The molecule has 1 aromatic heterocycles. The molecule has 4 nitrogen and oxygen atoms in total.